The number of aliphatic carboxylic acids is 2. The minimum absolute atomic E-state index is 0.00412. The Kier molecular flexibility index (Phi) is 13.5. The number of nitrogens with one attached hydrogen (secondary N) is 3. The third-order valence-electron chi connectivity index (χ3n) is 5.56. The molecule has 1 aromatic carbocycles. The normalized spacial score (nSPS) is 14.0. The number of benzene rings is 1. The second-order valence-electron chi connectivity index (χ2n) is 9.38. The summed E-state index contributed by atoms with van der Waals surface area (Å²) in [5.41, 5.74) is 11.5. The van der Waals surface area contributed by atoms with Crippen LogP contribution in [0.2, 0.25) is 0 Å². The van der Waals surface area contributed by atoms with Crippen molar-refractivity contribution in [1.82, 2.24) is 16.0 Å². The SMILES string of the molecule is CC(C)CC(NC(=O)C(Cc1ccccc1)NC(=O)C(CCC(=O)O)NC(=O)C(N)CCC(N)=O)C(=O)O. The topological polar surface area (TPSA) is 231 Å². The molecule has 1 aromatic rings. The van der Waals surface area contributed by atoms with E-state index in [1.807, 2.05) is 0 Å². The van der Waals surface area contributed by atoms with E-state index in [-0.39, 0.29) is 38.0 Å². The minimum Gasteiger partial charge on any atom is -0.481 e. The number of primary amides is 1. The third kappa shape index (κ3) is 12.3. The van der Waals surface area contributed by atoms with E-state index in [0.717, 1.165) is 0 Å². The van der Waals surface area contributed by atoms with E-state index >= 15 is 0 Å². The lowest BCUT2D eigenvalue weighted by Gasteiger charge is -2.25. The van der Waals surface area contributed by atoms with Crippen LogP contribution in [0.25, 0.3) is 0 Å². The maximum atomic E-state index is 13.2. The van der Waals surface area contributed by atoms with Crippen molar-refractivity contribution < 1.29 is 39.0 Å². The van der Waals surface area contributed by atoms with Crippen molar-refractivity contribution in [3.63, 3.8) is 0 Å². The van der Waals surface area contributed by atoms with Crippen LogP contribution in [0.15, 0.2) is 30.3 Å². The average Bonchev–Trinajstić information content (AvgIpc) is 2.83. The summed E-state index contributed by atoms with van der Waals surface area (Å²) in [5.74, 6) is -5.55. The number of hydrogen-bond donors (Lipinski definition) is 7. The molecule has 0 saturated heterocycles. The molecule has 0 aliphatic rings. The largest absolute Gasteiger partial charge is 0.481 e. The van der Waals surface area contributed by atoms with E-state index in [1.165, 1.54) is 0 Å². The predicted octanol–water partition coefficient (Wildman–Crippen LogP) is -0.728. The van der Waals surface area contributed by atoms with Gasteiger partial charge in [-0.1, -0.05) is 44.2 Å². The summed E-state index contributed by atoms with van der Waals surface area (Å²) in [7, 11) is 0. The second-order valence-corrected chi connectivity index (χ2v) is 9.38. The van der Waals surface area contributed by atoms with Gasteiger partial charge >= 0.3 is 11.9 Å². The number of carboxylic acids is 2. The summed E-state index contributed by atoms with van der Waals surface area (Å²) in [6.45, 7) is 3.60. The monoisotopic (exact) mass is 535 g/mol. The molecular formula is C25H37N5O8. The molecule has 38 heavy (non-hydrogen) atoms. The minimum atomic E-state index is -1.37. The molecule has 210 valence electrons. The fourth-order valence-corrected chi connectivity index (χ4v) is 3.54. The van der Waals surface area contributed by atoms with Crippen molar-refractivity contribution in [2.75, 3.05) is 0 Å². The van der Waals surface area contributed by atoms with Gasteiger partial charge in [-0.25, -0.2) is 4.79 Å². The molecule has 0 radical (unpaired) electrons. The molecule has 13 heteroatoms. The number of carbonyl (C=O) groups is 6. The number of carbonyl (C=O) groups excluding carboxylic acids is 4. The first-order chi connectivity index (χ1) is 17.8. The number of hydrogen-bond acceptors (Lipinski definition) is 7. The molecule has 0 spiro atoms. The molecule has 1 rings (SSSR count). The Morgan fingerprint density at radius 2 is 1.34 bits per heavy atom. The zero-order valence-corrected chi connectivity index (χ0v) is 21.5. The highest BCUT2D eigenvalue weighted by Crippen LogP contribution is 2.09. The number of amides is 4. The van der Waals surface area contributed by atoms with Gasteiger partial charge in [-0.05, 0) is 30.7 Å². The van der Waals surface area contributed by atoms with Crippen LogP contribution in [0, 0.1) is 5.92 Å². The van der Waals surface area contributed by atoms with E-state index in [4.69, 9.17) is 16.6 Å². The average molecular weight is 536 g/mol. The number of nitrogens with two attached hydrogens (primary N) is 2. The van der Waals surface area contributed by atoms with Gasteiger partial charge in [0.25, 0.3) is 0 Å². The zero-order chi connectivity index (χ0) is 28.8. The van der Waals surface area contributed by atoms with Gasteiger partial charge in [0.05, 0.1) is 6.04 Å². The molecule has 0 aromatic heterocycles. The summed E-state index contributed by atoms with van der Waals surface area (Å²) < 4.78 is 0. The van der Waals surface area contributed by atoms with Crippen molar-refractivity contribution in [2.45, 2.75) is 76.5 Å². The van der Waals surface area contributed by atoms with Gasteiger partial charge in [-0.2, -0.15) is 0 Å². The Hall–Kier alpha value is -4.00. The maximum Gasteiger partial charge on any atom is 0.326 e. The lowest BCUT2D eigenvalue weighted by molar-refractivity contribution is -0.142. The van der Waals surface area contributed by atoms with Crippen LogP contribution in [0.1, 0.15) is 51.5 Å². The lowest BCUT2D eigenvalue weighted by atomic mass is 10.0. The first-order valence-electron chi connectivity index (χ1n) is 12.2. The van der Waals surface area contributed by atoms with Crippen LogP contribution in [0.3, 0.4) is 0 Å². The fourth-order valence-electron chi connectivity index (χ4n) is 3.54. The zero-order valence-electron chi connectivity index (χ0n) is 21.5. The molecule has 0 aliphatic heterocycles. The van der Waals surface area contributed by atoms with Crippen LogP contribution in [0.4, 0.5) is 0 Å². The van der Waals surface area contributed by atoms with Gasteiger partial charge in [-0.3, -0.25) is 24.0 Å². The maximum absolute atomic E-state index is 13.2. The van der Waals surface area contributed by atoms with Crippen molar-refractivity contribution in [2.24, 2.45) is 17.4 Å². The molecule has 13 nitrogen and oxygen atoms in total. The fraction of sp³-hybridized carbons (Fsp3) is 0.520. The summed E-state index contributed by atoms with van der Waals surface area (Å²) in [5, 5.41) is 25.9. The van der Waals surface area contributed by atoms with Crippen molar-refractivity contribution in [3.05, 3.63) is 35.9 Å². The Morgan fingerprint density at radius 3 is 1.87 bits per heavy atom. The first-order valence-corrected chi connectivity index (χ1v) is 12.2. The molecule has 4 unspecified atom stereocenters. The summed E-state index contributed by atoms with van der Waals surface area (Å²) >= 11 is 0. The quantitative estimate of drug-likeness (QED) is 0.133. The molecule has 0 saturated carbocycles. The van der Waals surface area contributed by atoms with Crippen LogP contribution in [0.5, 0.6) is 0 Å². The smallest absolute Gasteiger partial charge is 0.326 e. The van der Waals surface area contributed by atoms with E-state index in [2.05, 4.69) is 16.0 Å². The Balaban J connectivity index is 3.13. The van der Waals surface area contributed by atoms with Gasteiger partial charge in [0, 0.05) is 19.3 Å². The van der Waals surface area contributed by atoms with Gasteiger partial charge in [0.1, 0.15) is 18.1 Å². The van der Waals surface area contributed by atoms with Crippen molar-refractivity contribution in [3.8, 4) is 0 Å². The van der Waals surface area contributed by atoms with Gasteiger partial charge in [0.2, 0.25) is 23.6 Å². The molecule has 9 N–H and O–H groups in total. The Morgan fingerprint density at radius 1 is 0.789 bits per heavy atom. The summed E-state index contributed by atoms with van der Waals surface area (Å²) in [4.78, 5) is 72.5. The van der Waals surface area contributed by atoms with E-state index < -0.39 is 66.2 Å². The molecule has 4 amide bonds. The number of carboxylic acid groups (broad SMARTS) is 2. The van der Waals surface area contributed by atoms with E-state index in [1.54, 1.807) is 44.2 Å². The molecule has 0 fully saturated rings. The Bertz CT molecular complexity index is 985. The molecule has 0 bridgehead atoms. The molecule has 0 aliphatic carbocycles. The van der Waals surface area contributed by atoms with Crippen LogP contribution < -0.4 is 27.4 Å². The third-order valence-corrected chi connectivity index (χ3v) is 5.56. The highest BCUT2D eigenvalue weighted by atomic mass is 16.4. The first kappa shape index (κ1) is 32.0. The highest BCUT2D eigenvalue weighted by molar-refractivity contribution is 5.94. The van der Waals surface area contributed by atoms with E-state index in [9.17, 15) is 33.9 Å². The summed E-state index contributed by atoms with van der Waals surface area (Å²) in [6.07, 6.45) is -0.862. The highest BCUT2D eigenvalue weighted by Gasteiger charge is 2.31. The molecule has 4 atom stereocenters. The lowest BCUT2D eigenvalue weighted by Crippen LogP contribution is -2.57. The van der Waals surface area contributed by atoms with Crippen LogP contribution in [-0.2, 0) is 35.2 Å². The predicted molar refractivity (Wildman–Crippen MR) is 136 cm³/mol. The second kappa shape index (κ2) is 16.0. The van der Waals surface area contributed by atoms with Crippen molar-refractivity contribution in [1.29, 1.82) is 0 Å². The van der Waals surface area contributed by atoms with Gasteiger partial charge in [-0.15, -0.1) is 0 Å². The Labute approximate surface area is 220 Å². The molecular weight excluding hydrogens is 498 g/mol. The van der Waals surface area contributed by atoms with Crippen LogP contribution in [-0.4, -0.2) is 69.9 Å². The van der Waals surface area contributed by atoms with Crippen molar-refractivity contribution >= 4 is 35.6 Å². The van der Waals surface area contributed by atoms with Crippen LogP contribution >= 0.6 is 0 Å². The summed E-state index contributed by atoms with van der Waals surface area (Å²) in [6, 6.07) is 3.69. The van der Waals surface area contributed by atoms with Gasteiger partial charge < -0.3 is 37.6 Å². The van der Waals surface area contributed by atoms with E-state index in [0.29, 0.717) is 5.56 Å². The van der Waals surface area contributed by atoms with Gasteiger partial charge in [0.15, 0.2) is 0 Å². The molecule has 0 heterocycles. The standard InChI is InChI=1S/C25H37N5O8/c1-14(2)12-19(25(37)38)30-24(36)18(13-15-6-4-3-5-7-15)29-23(35)17(9-11-21(32)33)28-22(34)16(26)8-10-20(27)31/h3-7,14,16-19H,8-13,26H2,1-2H3,(H2,27,31)(H,28,34)(H,29,35)(H,30,36)(H,32,33)(H,37,38). The number of rotatable bonds is 17.